The minimum atomic E-state index is 0.445. The van der Waals surface area contributed by atoms with Gasteiger partial charge in [0.1, 0.15) is 12.6 Å². The number of benzene rings is 2. The molecule has 0 N–H and O–H groups in total. The Kier molecular flexibility index (Phi) is 6.62. The largest absolute Gasteiger partial charge is 0.316 e. The molecule has 1 fully saturated rings. The molecule has 3 aromatic rings. The molecule has 0 aliphatic carbocycles. The fourth-order valence-corrected chi connectivity index (χ4v) is 5.21. The van der Waals surface area contributed by atoms with Gasteiger partial charge in [0.15, 0.2) is 18.9 Å². The molecule has 2 heterocycles. The summed E-state index contributed by atoms with van der Waals surface area (Å²) in [5.41, 5.74) is 3.71. The lowest BCUT2D eigenvalue weighted by molar-refractivity contribution is -0.940. The summed E-state index contributed by atoms with van der Waals surface area (Å²) in [5.74, 6) is 0. The fraction of sp³-hybridized carbons (Fsp3) is 0.292. The van der Waals surface area contributed by atoms with Crippen LogP contribution in [0.5, 0.6) is 0 Å². The molecule has 0 saturated carbocycles. The van der Waals surface area contributed by atoms with Gasteiger partial charge in [0.05, 0.1) is 39.2 Å². The SMILES string of the molecule is C[N+]1(Cc2ccc(Cl)c(Cl)c2)CCCC1c1ccc[n+](Cc2ccc(Cl)c(Cl)c2)c1. The van der Waals surface area contributed by atoms with Crippen LogP contribution in [0, 0.1) is 0 Å². The summed E-state index contributed by atoms with van der Waals surface area (Å²) in [7, 11) is 2.34. The predicted octanol–water partition coefficient (Wildman–Crippen LogP) is 7.12. The number of likely N-dealkylation sites (tertiary alicyclic amines) is 1. The zero-order valence-corrected chi connectivity index (χ0v) is 19.8. The number of pyridine rings is 1. The Labute approximate surface area is 198 Å². The van der Waals surface area contributed by atoms with Crippen molar-refractivity contribution in [3.05, 3.63) is 97.7 Å². The first-order valence-electron chi connectivity index (χ1n) is 10.1. The average Bonchev–Trinajstić information content (AvgIpc) is 3.09. The van der Waals surface area contributed by atoms with E-state index in [0.717, 1.165) is 29.7 Å². The van der Waals surface area contributed by atoms with Crippen LogP contribution in [0.4, 0.5) is 0 Å². The number of quaternary nitrogens is 1. The number of hydrogen-bond donors (Lipinski definition) is 0. The molecule has 1 saturated heterocycles. The van der Waals surface area contributed by atoms with E-state index in [9.17, 15) is 0 Å². The molecule has 0 amide bonds. The molecule has 4 rings (SSSR count). The Morgan fingerprint density at radius 1 is 0.900 bits per heavy atom. The molecule has 1 aromatic heterocycles. The van der Waals surface area contributed by atoms with E-state index in [1.54, 1.807) is 0 Å². The van der Waals surface area contributed by atoms with Gasteiger partial charge in [0, 0.05) is 30.0 Å². The molecule has 2 unspecified atom stereocenters. The van der Waals surface area contributed by atoms with Crippen molar-refractivity contribution in [1.82, 2.24) is 0 Å². The molecule has 1 aliphatic heterocycles. The van der Waals surface area contributed by atoms with Crippen molar-refractivity contribution in [3.63, 3.8) is 0 Å². The summed E-state index contributed by atoms with van der Waals surface area (Å²) in [6.45, 7) is 2.84. The van der Waals surface area contributed by atoms with Gasteiger partial charge < -0.3 is 4.48 Å². The van der Waals surface area contributed by atoms with Crippen LogP contribution in [0.1, 0.15) is 35.6 Å². The average molecular weight is 482 g/mol. The molecular formula is C24H24Cl4N2+2. The van der Waals surface area contributed by atoms with Crippen LogP contribution >= 0.6 is 46.4 Å². The normalized spacial score (nSPS) is 21.2. The maximum absolute atomic E-state index is 6.26. The van der Waals surface area contributed by atoms with Gasteiger partial charge in [-0.15, -0.1) is 0 Å². The molecule has 0 bridgehead atoms. The van der Waals surface area contributed by atoms with Crippen LogP contribution < -0.4 is 4.57 Å². The van der Waals surface area contributed by atoms with Crippen molar-refractivity contribution < 1.29 is 9.05 Å². The van der Waals surface area contributed by atoms with E-state index in [0.29, 0.717) is 26.1 Å². The third-order valence-electron chi connectivity index (χ3n) is 6.04. The van der Waals surface area contributed by atoms with Gasteiger partial charge in [-0.3, -0.25) is 0 Å². The van der Waals surface area contributed by atoms with Gasteiger partial charge in [-0.2, -0.15) is 0 Å². The minimum absolute atomic E-state index is 0.445. The lowest BCUT2D eigenvalue weighted by Gasteiger charge is -2.36. The van der Waals surface area contributed by atoms with E-state index in [4.69, 9.17) is 46.4 Å². The highest BCUT2D eigenvalue weighted by molar-refractivity contribution is 6.42. The highest BCUT2D eigenvalue weighted by Crippen LogP contribution is 2.39. The second kappa shape index (κ2) is 9.06. The highest BCUT2D eigenvalue weighted by atomic mass is 35.5. The Morgan fingerprint density at radius 2 is 1.57 bits per heavy atom. The maximum atomic E-state index is 6.26. The molecule has 2 atom stereocenters. The number of rotatable bonds is 5. The quantitative estimate of drug-likeness (QED) is 0.270. The van der Waals surface area contributed by atoms with E-state index < -0.39 is 0 Å². The molecule has 0 spiro atoms. The van der Waals surface area contributed by atoms with Crippen molar-refractivity contribution in [3.8, 4) is 0 Å². The molecule has 1 aliphatic rings. The predicted molar refractivity (Wildman–Crippen MR) is 125 cm³/mol. The smallest absolute Gasteiger partial charge is 0.178 e. The van der Waals surface area contributed by atoms with E-state index in [2.05, 4.69) is 42.2 Å². The molecule has 30 heavy (non-hydrogen) atoms. The van der Waals surface area contributed by atoms with Gasteiger partial charge in [-0.1, -0.05) is 58.5 Å². The van der Waals surface area contributed by atoms with Crippen LogP contribution in [0.3, 0.4) is 0 Å². The third-order valence-corrected chi connectivity index (χ3v) is 7.52. The number of halogens is 4. The van der Waals surface area contributed by atoms with Crippen LogP contribution in [0.25, 0.3) is 0 Å². The Morgan fingerprint density at radius 3 is 2.27 bits per heavy atom. The molecule has 2 nitrogen and oxygen atoms in total. The summed E-state index contributed by atoms with van der Waals surface area (Å²) in [6, 6.07) is 16.6. The topological polar surface area (TPSA) is 3.88 Å². The van der Waals surface area contributed by atoms with Crippen molar-refractivity contribution in [2.24, 2.45) is 0 Å². The first-order chi connectivity index (χ1) is 14.3. The van der Waals surface area contributed by atoms with Crippen molar-refractivity contribution >= 4 is 46.4 Å². The van der Waals surface area contributed by atoms with Crippen LogP contribution in [0.2, 0.25) is 20.1 Å². The zero-order chi connectivity index (χ0) is 21.3. The van der Waals surface area contributed by atoms with Crippen molar-refractivity contribution in [2.45, 2.75) is 32.0 Å². The molecule has 2 aromatic carbocycles. The number of aromatic nitrogens is 1. The standard InChI is InChI=1S/C24H24Cl4N2/c1-30(16-18-7-9-21(26)23(28)13-18)11-3-5-24(30)19-4-2-10-29(15-19)14-17-6-8-20(25)22(27)12-17/h2,4,6-10,12-13,15,24H,3,5,11,14,16H2,1H3/q+2. The Hall–Kier alpha value is -1.29. The van der Waals surface area contributed by atoms with Crippen molar-refractivity contribution in [1.29, 1.82) is 0 Å². The molecule has 6 heteroatoms. The minimum Gasteiger partial charge on any atom is -0.316 e. The van der Waals surface area contributed by atoms with Gasteiger partial charge >= 0.3 is 0 Å². The van der Waals surface area contributed by atoms with E-state index in [-0.39, 0.29) is 0 Å². The van der Waals surface area contributed by atoms with Gasteiger partial charge in [0.25, 0.3) is 0 Å². The van der Waals surface area contributed by atoms with Crippen LogP contribution in [-0.4, -0.2) is 18.1 Å². The number of nitrogens with zero attached hydrogens (tertiary/aromatic N) is 2. The summed E-state index contributed by atoms with van der Waals surface area (Å²) < 4.78 is 3.19. The second-order valence-electron chi connectivity index (χ2n) is 8.33. The third kappa shape index (κ3) is 4.79. The lowest BCUT2D eigenvalue weighted by Crippen LogP contribution is -2.43. The summed E-state index contributed by atoms with van der Waals surface area (Å²) in [4.78, 5) is 0. The summed E-state index contributed by atoms with van der Waals surface area (Å²) in [6.07, 6.45) is 6.76. The first-order valence-corrected chi connectivity index (χ1v) is 11.6. The molecule has 156 valence electrons. The van der Waals surface area contributed by atoms with Crippen LogP contribution in [0.15, 0.2) is 60.9 Å². The van der Waals surface area contributed by atoms with Gasteiger partial charge in [-0.05, 0) is 30.3 Å². The summed E-state index contributed by atoms with van der Waals surface area (Å²) in [5, 5.41) is 2.40. The monoisotopic (exact) mass is 480 g/mol. The zero-order valence-electron chi connectivity index (χ0n) is 16.8. The summed E-state index contributed by atoms with van der Waals surface area (Å²) >= 11 is 24.6. The maximum Gasteiger partial charge on any atom is 0.178 e. The molecule has 0 radical (unpaired) electrons. The van der Waals surface area contributed by atoms with Gasteiger partial charge in [0.2, 0.25) is 0 Å². The van der Waals surface area contributed by atoms with Gasteiger partial charge in [-0.25, -0.2) is 4.57 Å². The Balaban J connectivity index is 1.56. The van der Waals surface area contributed by atoms with E-state index in [1.807, 2.05) is 30.3 Å². The number of hydrogen-bond acceptors (Lipinski definition) is 0. The second-order valence-corrected chi connectivity index (χ2v) is 9.95. The van der Waals surface area contributed by atoms with Crippen LogP contribution in [-0.2, 0) is 13.1 Å². The fourth-order valence-electron chi connectivity index (χ4n) is 4.57. The molecular weight excluding hydrogens is 458 g/mol. The highest BCUT2D eigenvalue weighted by Gasteiger charge is 2.40. The van der Waals surface area contributed by atoms with E-state index in [1.165, 1.54) is 24.0 Å². The first kappa shape index (κ1) is 21.9. The Bertz CT molecular complexity index is 1070. The lowest BCUT2D eigenvalue weighted by atomic mass is 10.0. The van der Waals surface area contributed by atoms with E-state index >= 15 is 0 Å². The van der Waals surface area contributed by atoms with Crippen molar-refractivity contribution in [2.75, 3.05) is 13.6 Å².